The van der Waals surface area contributed by atoms with Crippen LogP contribution in [0.5, 0.6) is 11.5 Å². The van der Waals surface area contributed by atoms with Crippen LogP contribution in [0.25, 0.3) is 27.9 Å². The largest absolute Gasteiger partial charge is 0.466 e. The molecule has 1 aliphatic heterocycles. The number of esters is 2. The van der Waals surface area contributed by atoms with Crippen LogP contribution in [0.3, 0.4) is 0 Å². The fourth-order valence-corrected chi connectivity index (χ4v) is 6.71. The van der Waals surface area contributed by atoms with Crippen LogP contribution in [0.15, 0.2) is 95.4 Å². The molecule has 0 radical (unpaired) electrons. The van der Waals surface area contributed by atoms with Gasteiger partial charge in [-0.2, -0.15) is 0 Å². The van der Waals surface area contributed by atoms with Crippen molar-refractivity contribution in [2.75, 3.05) is 20.0 Å². The van der Waals surface area contributed by atoms with Crippen LogP contribution in [0.1, 0.15) is 63.0 Å². The number of aliphatic hydroxyl groups excluding tert-OH is 1. The van der Waals surface area contributed by atoms with Gasteiger partial charge in [0.05, 0.1) is 19.1 Å². The van der Waals surface area contributed by atoms with Gasteiger partial charge in [0.25, 0.3) is 5.91 Å². The van der Waals surface area contributed by atoms with E-state index in [1.165, 1.54) is 0 Å². The zero-order valence-electron chi connectivity index (χ0n) is 30.1. The summed E-state index contributed by atoms with van der Waals surface area (Å²) in [6.07, 6.45) is 2.12. The summed E-state index contributed by atoms with van der Waals surface area (Å²) >= 11 is 0. The van der Waals surface area contributed by atoms with E-state index >= 15 is 0 Å². The van der Waals surface area contributed by atoms with Crippen LogP contribution in [-0.2, 0) is 30.4 Å². The molecule has 5 aromatic rings. The molecule has 1 N–H and O–H groups in total. The van der Waals surface area contributed by atoms with E-state index in [0.717, 1.165) is 27.4 Å². The van der Waals surface area contributed by atoms with Crippen molar-refractivity contribution in [2.24, 2.45) is 5.92 Å². The smallest absolute Gasteiger partial charge is 0.312 e. The van der Waals surface area contributed by atoms with Crippen molar-refractivity contribution in [1.82, 2.24) is 9.88 Å². The normalized spacial score (nSPS) is 14.6. The molecule has 2 unspecified atom stereocenters. The Balaban J connectivity index is 1.36. The lowest BCUT2D eigenvalue weighted by atomic mass is 9.86. The van der Waals surface area contributed by atoms with Gasteiger partial charge in [-0.1, -0.05) is 60.7 Å². The Bertz CT molecular complexity index is 2060. The summed E-state index contributed by atoms with van der Waals surface area (Å²) < 4.78 is 27.6. The molecule has 11 nitrogen and oxygen atoms in total. The number of aromatic nitrogens is 1. The molecule has 2 heterocycles. The lowest BCUT2D eigenvalue weighted by Crippen LogP contribution is -2.50. The first-order chi connectivity index (χ1) is 25.7. The minimum Gasteiger partial charge on any atom is -0.466 e. The van der Waals surface area contributed by atoms with Crippen LogP contribution in [0, 0.1) is 5.92 Å². The Labute approximate surface area is 308 Å². The molecule has 0 spiro atoms. The summed E-state index contributed by atoms with van der Waals surface area (Å²) in [5.41, 5.74) is 3.13. The average molecular weight is 721 g/mol. The minimum absolute atomic E-state index is 0.0471. The van der Waals surface area contributed by atoms with Gasteiger partial charge < -0.3 is 33.4 Å². The number of allylic oxidation sites excluding steroid dienone is 1. The van der Waals surface area contributed by atoms with Crippen molar-refractivity contribution >= 4 is 45.8 Å². The van der Waals surface area contributed by atoms with Gasteiger partial charge in [-0.15, -0.1) is 0 Å². The van der Waals surface area contributed by atoms with E-state index in [1.807, 2.05) is 104 Å². The number of oxazole rings is 1. The van der Waals surface area contributed by atoms with Crippen LogP contribution >= 0.6 is 0 Å². The molecule has 6 rings (SSSR count). The number of para-hydroxylation sites is 2. The van der Waals surface area contributed by atoms with Gasteiger partial charge in [-0.25, -0.2) is 4.98 Å². The van der Waals surface area contributed by atoms with Gasteiger partial charge in [-0.05, 0) is 91.9 Å². The third kappa shape index (κ3) is 8.86. The third-order valence-corrected chi connectivity index (χ3v) is 9.50. The number of carbonyl (C=O) groups is 3. The Morgan fingerprint density at radius 1 is 0.906 bits per heavy atom. The Morgan fingerprint density at radius 2 is 1.66 bits per heavy atom. The fraction of sp³-hybridized carbons (Fsp3) is 0.333. The lowest BCUT2D eigenvalue weighted by Gasteiger charge is -2.37. The van der Waals surface area contributed by atoms with Crippen molar-refractivity contribution in [3.63, 3.8) is 0 Å². The molecule has 0 bridgehead atoms. The first-order valence-electron chi connectivity index (χ1n) is 18.0. The predicted octanol–water partition coefficient (Wildman–Crippen LogP) is 7.20. The molecule has 0 saturated heterocycles. The molecular formula is C42H44N2O9. The summed E-state index contributed by atoms with van der Waals surface area (Å²) in [5.74, 6) is -1.91. The highest BCUT2D eigenvalue weighted by Crippen LogP contribution is 2.38. The van der Waals surface area contributed by atoms with Gasteiger partial charge in [0.15, 0.2) is 17.1 Å². The first-order valence-corrected chi connectivity index (χ1v) is 18.0. The van der Waals surface area contributed by atoms with Crippen LogP contribution in [0.2, 0.25) is 0 Å². The molecular weight excluding hydrogens is 676 g/mol. The number of benzene rings is 4. The highest BCUT2D eigenvalue weighted by molar-refractivity contribution is 5.88. The zero-order chi connectivity index (χ0) is 37.3. The number of carbonyl (C=O) groups excluding carboxylic acids is 3. The Kier molecular flexibility index (Phi) is 12.1. The molecule has 53 heavy (non-hydrogen) atoms. The SMILES string of the molecule is CCOC(=O)CCC(C(=O)OCC)C(O)C(=O)N(Cc1ccc2ccccc2c1)[C@H](C)[C@H](C/C=C/c1nc2ccccc2o1)c1ccc2c(c1)OCO2. The van der Waals surface area contributed by atoms with Crippen molar-refractivity contribution in [1.29, 1.82) is 0 Å². The van der Waals surface area contributed by atoms with Gasteiger partial charge >= 0.3 is 11.9 Å². The molecule has 1 aliphatic rings. The first kappa shape index (κ1) is 37.1. The van der Waals surface area contributed by atoms with E-state index in [1.54, 1.807) is 18.7 Å². The highest BCUT2D eigenvalue weighted by Gasteiger charge is 2.39. The molecule has 0 saturated carbocycles. The average Bonchev–Trinajstić information content (AvgIpc) is 3.82. The monoisotopic (exact) mass is 720 g/mol. The van der Waals surface area contributed by atoms with Gasteiger partial charge in [0, 0.05) is 24.9 Å². The quantitative estimate of drug-likeness (QED) is 0.104. The number of aliphatic hydroxyl groups is 1. The minimum atomic E-state index is -1.79. The van der Waals surface area contributed by atoms with E-state index in [4.69, 9.17) is 23.4 Å². The molecule has 11 heteroatoms. The van der Waals surface area contributed by atoms with Gasteiger partial charge in [0.1, 0.15) is 11.6 Å². The van der Waals surface area contributed by atoms with Crippen LogP contribution in [0.4, 0.5) is 0 Å². The Morgan fingerprint density at radius 3 is 2.45 bits per heavy atom. The number of ether oxygens (including phenoxy) is 4. The summed E-state index contributed by atoms with van der Waals surface area (Å²) in [4.78, 5) is 46.3. The molecule has 4 aromatic carbocycles. The van der Waals surface area contributed by atoms with E-state index in [-0.39, 0.29) is 45.3 Å². The van der Waals surface area contributed by atoms with E-state index in [9.17, 15) is 19.5 Å². The summed E-state index contributed by atoms with van der Waals surface area (Å²) in [5, 5.41) is 13.8. The second kappa shape index (κ2) is 17.2. The van der Waals surface area contributed by atoms with Crippen molar-refractivity contribution in [2.45, 2.75) is 64.6 Å². The molecule has 1 aromatic heterocycles. The van der Waals surface area contributed by atoms with Gasteiger partial charge in [-0.3, -0.25) is 14.4 Å². The predicted molar refractivity (Wildman–Crippen MR) is 199 cm³/mol. The molecule has 0 aliphatic carbocycles. The standard InChI is InChI=1S/C42H44N2O9/c1-4-49-39(45)22-20-33(42(48)50-5-2)40(46)41(47)44(25-28-17-18-29-11-6-7-12-30(29)23-28)27(3)32(31-19-21-36-37(24-31)52-26-51-36)13-10-16-38-43-34-14-8-9-15-35(34)53-38/h6-12,14-19,21,23-24,27,32-33,40,46H,4-5,13,20,22,25-26H2,1-3H3/b16-10+/t27-,32+,33?,40?/m1/s1. The maximum absolute atomic E-state index is 14.7. The molecule has 4 atom stereocenters. The number of amides is 1. The van der Waals surface area contributed by atoms with E-state index in [0.29, 0.717) is 29.4 Å². The van der Waals surface area contributed by atoms with Gasteiger partial charge in [0.2, 0.25) is 12.7 Å². The number of rotatable bonds is 16. The fourth-order valence-electron chi connectivity index (χ4n) is 6.71. The third-order valence-electron chi connectivity index (χ3n) is 9.50. The number of hydrogen-bond acceptors (Lipinski definition) is 10. The zero-order valence-corrected chi connectivity index (χ0v) is 30.1. The number of nitrogens with zero attached hydrogens (tertiary/aromatic N) is 2. The van der Waals surface area contributed by atoms with Crippen molar-refractivity contribution in [3.05, 3.63) is 108 Å². The lowest BCUT2D eigenvalue weighted by molar-refractivity contribution is -0.162. The van der Waals surface area contributed by atoms with E-state index in [2.05, 4.69) is 4.98 Å². The molecule has 0 fully saturated rings. The Hall–Kier alpha value is -5.68. The van der Waals surface area contributed by atoms with Crippen LogP contribution < -0.4 is 9.47 Å². The topological polar surface area (TPSA) is 138 Å². The maximum Gasteiger partial charge on any atom is 0.312 e. The highest BCUT2D eigenvalue weighted by atomic mass is 16.7. The van der Waals surface area contributed by atoms with Crippen molar-refractivity contribution < 1.29 is 42.9 Å². The number of hydrogen-bond donors (Lipinski definition) is 1. The molecule has 276 valence electrons. The summed E-state index contributed by atoms with van der Waals surface area (Å²) in [6, 6.07) is 26.6. The summed E-state index contributed by atoms with van der Waals surface area (Å²) in [7, 11) is 0. The maximum atomic E-state index is 14.7. The summed E-state index contributed by atoms with van der Waals surface area (Å²) in [6.45, 7) is 5.71. The van der Waals surface area contributed by atoms with E-state index < -0.39 is 35.9 Å². The van der Waals surface area contributed by atoms with Crippen molar-refractivity contribution in [3.8, 4) is 11.5 Å². The second-order valence-electron chi connectivity index (χ2n) is 12.9. The second-order valence-corrected chi connectivity index (χ2v) is 12.9. The molecule has 1 amide bonds. The number of fused-ring (bicyclic) bond motifs is 3. The van der Waals surface area contributed by atoms with Crippen LogP contribution in [-0.4, -0.2) is 65.0 Å².